The van der Waals surface area contributed by atoms with E-state index in [9.17, 15) is 9.59 Å². The van der Waals surface area contributed by atoms with Crippen LogP contribution in [0.2, 0.25) is 0 Å². The molecule has 2 aliphatic heterocycles. The van der Waals surface area contributed by atoms with Gasteiger partial charge in [0, 0.05) is 31.6 Å². The van der Waals surface area contributed by atoms with Crippen molar-refractivity contribution in [2.24, 2.45) is 5.92 Å². The molecule has 0 aromatic rings. The Morgan fingerprint density at radius 1 is 1.39 bits per heavy atom. The molecule has 5 nitrogen and oxygen atoms in total. The van der Waals surface area contributed by atoms with Gasteiger partial charge in [0.05, 0.1) is 5.92 Å². The number of rotatable bonds is 3. The first-order valence-electron chi connectivity index (χ1n) is 6.75. The van der Waals surface area contributed by atoms with Gasteiger partial charge < -0.3 is 10.0 Å². The molecule has 2 aliphatic rings. The molecule has 0 aromatic heterocycles. The van der Waals surface area contributed by atoms with Crippen LogP contribution in [0.1, 0.15) is 33.1 Å². The SMILES string of the molecule is CC(C)N1CCCC(N2CC(C(=O)O)CC2=O)C1. The van der Waals surface area contributed by atoms with Crippen molar-refractivity contribution in [1.82, 2.24) is 9.80 Å². The Hall–Kier alpha value is -1.10. The monoisotopic (exact) mass is 254 g/mol. The highest BCUT2D eigenvalue weighted by Gasteiger charge is 2.39. The number of carboxylic acids is 1. The van der Waals surface area contributed by atoms with E-state index in [2.05, 4.69) is 18.7 Å². The van der Waals surface area contributed by atoms with Crippen molar-refractivity contribution in [3.05, 3.63) is 0 Å². The number of carbonyl (C=O) groups is 2. The fourth-order valence-corrected chi connectivity index (χ4v) is 2.96. The van der Waals surface area contributed by atoms with Crippen molar-refractivity contribution in [1.29, 1.82) is 0 Å². The number of hydrogen-bond donors (Lipinski definition) is 1. The largest absolute Gasteiger partial charge is 0.481 e. The first-order valence-corrected chi connectivity index (χ1v) is 6.75. The molecule has 2 rings (SSSR count). The van der Waals surface area contributed by atoms with Crippen LogP contribution in [0.4, 0.5) is 0 Å². The maximum atomic E-state index is 11.9. The van der Waals surface area contributed by atoms with E-state index in [0.29, 0.717) is 12.6 Å². The average molecular weight is 254 g/mol. The highest BCUT2D eigenvalue weighted by Crippen LogP contribution is 2.25. The van der Waals surface area contributed by atoms with E-state index in [0.717, 1.165) is 25.9 Å². The third-order valence-electron chi connectivity index (χ3n) is 4.11. The van der Waals surface area contributed by atoms with Crippen molar-refractivity contribution < 1.29 is 14.7 Å². The van der Waals surface area contributed by atoms with Gasteiger partial charge >= 0.3 is 5.97 Å². The molecule has 2 atom stereocenters. The van der Waals surface area contributed by atoms with E-state index in [4.69, 9.17) is 5.11 Å². The van der Waals surface area contributed by atoms with E-state index < -0.39 is 11.9 Å². The third-order valence-corrected chi connectivity index (χ3v) is 4.11. The zero-order valence-corrected chi connectivity index (χ0v) is 11.1. The predicted octanol–water partition coefficient (Wildman–Crippen LogP) is 0.792. The maximum absolute atomic E-state index is 11.9. The fraction of sp³-hybridized carbons (Fsp3) is 0.846. The molecule has 0 radical (unpaired) electrons. The van der Waals surface area contributed by atoms with Gasteiger partial charge in [-0.1, -0.05) is 0 Å². The molecule has 102 valence electrons. The molecule has 0 saturated carbocycles. The van der Waals surface area contributed by atoms with Gasteiger partial charge in [-0.15, -0.1) is 0 Å². The fourth-order valence-electron chi connectivity index (χ4n) is 2.96. The topological polar surface area (TPSA) is 60.9 Å². The highest BCUT2D eigenvalue weighted by molar-refractivity contribution is 5.86. The second kappa shape index (κ2) is 5.26. The quantitative estimate of drug-likeness (QED) is 0.809. The number of carbonyl (C=O) groups excluding carboxylic acids is 1. The standard InChI is InChI=1S/C13H22N2O3/c1-9(2)14-5-3-4-11(8-14)15-7-10(13(17)18)6-12(15)16/h9-11H,3-8H2,1-2H3,(H,17,18). The average Bonchev–Trinajstić information content (AvgIpc) is 2.72. The van der Waals surface area contributed by atoms with Crippen LogP contribution in [0.25, 0.3) is 0 Å². The Bertz CT molecular complexity index is 343. The number of piperidine rings is 1. The van der Waals surface area contributed by atoms with Gasteiger partial charge in [-0.05, 0) is 33.2 Å². The lowest BCUT2D eigenvalue weighted by molar-refractivity contribution is -0.141. The van der Waals surface area contributed by atoms with Gasteiger partial charge in [-0.3, -0.25) is 14.5 Å². The molecule has 1 amide bonds. The van der Waals surface area contributed by atoms with Crippen LogP contribution >= 0.6 is 0 Å². The zero-order valence-electron chi connectivity index (χ0n) is 11.1. The molecule has 5 heteroatoms. The normalized spacial score (nSPS) is 30.2. The molecule has 2 saturated heterocycles. The number of amides is 1. The van der Waals surface area contributed by atoms with Crippen molar-refractivity contribution in [2.75, 3.05) is 19.6 Å². The molecular formula is C13H22N2O3. The Balaban J connectivity index is 1.99. The van der Waals surface area contributed by atoms with Crippen LogP contribution in [-0.4, -0.2) is 58.5 Å². The second-order valence-electron chi connectivity index (χ2n) is 5.67. The summed E-state index contributed by atoms with van der Waals surface area (Å²) in [7, 11) is 0. The summed E-state index contributed by atoms with van der Waals surface area (Å²) in [6.45, 7) is 6.68. The number of likely N-dealkylation sites (tertiary alicyclic amines) is 2. The number of carboxylic acid groups (broad SMARTS) is 1. The van der Waals surface area contributed by atoms with Crippen molar-refractivity contribution >= 4 is 11.9 Å². The number of aliphatic carboxylic acids is 1. The van der Waals surface area contributed by atoms with Gasteiger partial charge in [0.15, 0.2) is 0 Å². The first kappa shape index (κ1) is 13.3. The highest BCUT2D eigenvalue weighted by atomic mass is 16.4. The molecule has 18 heavy (non-hydrogen) atoms. The van der Waals surface area contributed by atoms with Crippen LogP contribution in [-0.2, 0) is 9.59 Å². The number of hydrogen-bond acceptors (Lipinski definition) is 3. The minimum atomic E-state index is -0.845. The van der Waals surface area contributed by atoms with Gasteiger partial charge in [-0.2, -0.15) is 0 Å². The number of nitrogens with zero attached hydrogens (tertiary/aromatic N) is 2. The molecule has 2 fully saturated rings. The lowest BCUT2D eigenvalue weighted by atomic mass is 10.0. The first-order chi connectivity index (χ1) is 8.49. The zero-order chi connectivity index (χ0) is 13.3. The van der Waals surface area contributed by atoms with Gasteiger partial charge in [0.2, 0.25) is 5.91 Å². The lowest BCUT2D eigenvalue weighted by Crippen LogP contribution is -2.50. The van der Waals surface area contributed by atoms with E-state index in [1.165, 1.54) is 0 Å². The van der Waals surface area contributed by atoms with E-state index in [1.54, 1.807) is 4.90 Å². The molecule has 0 aliphatic carbocycles. The van der Waals surface area contributed by atoms with Crippen LogP contribution < -0.4 is 0 Å². The van der Waals surface area contributed by atoms with E-state index in [-0.39, 0.29) is 18.4 Å². The molecule has 0 bridgehead atoms. The molecule has 2 unspecified atom stereocenters. The van der Waals surface area contributed by atoms with Gasteiger partial charge in [-0.25, -0.2) is 0 Å². The summed E-state index contributed by atoms with van der Waals surface area (Å²) >= 11 is 0. The van der Waals surface area contributed by atoms with E-state index >= 15 is 0 Å². The second-order valence-corrected chi connectivity index (χ2v) is 5.67. The minimum absolute atomic E-state index is 0.0120. The summed E-state index contributed by atoms with van der Waals surface area (Å²) in [6.07, 6.45) is 2.26. The maximum Gasteiger partial charge on any atom is 0.308 e. The van der Waals surface area contributed by atoms with Crippen LogP contribution in [0, 0.1) is 5.92 Å². The van der Waals surface area contributed by atoms with Gasteiger partial charge in [0.25, 0.3) is 0 Å². The van der Waals surface area contributed by atoms with Crippen molar-refractivity contribution in [2.45, 2.75) is 45.2 Å². The minimum Gasteiger partial charge on any atom is -0.481 e. The Morgan fingerprint density at radius 2 is 2.11 bits per heavy atom. The van der Waals surface area contributed by atoms with Crippen molar-refractivity contribution in [3.8, 4) is 0 Å². The Kier molecular flexibility index (Phi) is 3.90. The van der Waals surface area contributed by atoms with Crippen LogP contribution in [0.5, 0.6) is 0 Å². The summed E-state index contributed by atoms with van der Waals surface area (Å²) < 4.78 is 0. The Labute approximate surface area is 108 Å². The van der Waals surface area contributed by atoms with E-state index in [1.807, 2.05) is 0 Å². The Morgan fingerprint density at radius 3 is 2.67 bits per heavy atom. The lowest BCUT2D eigenvalue weighted by Gasteiger charge is -2.39. The van der Waals surface area contributed by atoms with Crippen LogP contribution in [0.15, 0.2) is 0 Å². The molecule has 0 spiro atoms. The van der Waals surface area contributed by atoms with Crippen LogP contribution in [0.3, 0.4) is 0 Å². The summed E-state index contributed by atoms with van der Waals surface area (Å²) in [5.74, 6) is -1.34. The summed E-state index contributed by atoms with van der Waals surface area (Å²) in [5.41, 5.74) is 0. The predicted molar refractivity (Wildman–Crippen MR) is 67.2 cm³/mol. The third kappa shape index (κ3) is 2.66. The van der Waals surface area contributed by atoms with Gasteiger partial charge in [0.1, 0.15) is 0 Å². The summed E-state index contributed by atoms with van der Waals surface area (Å²) in [5, 5.41) is 9.00. The smallest absolute Gasteiger partial charge is 0.308 e. The summed E-state index contributed by atoms with van der Waals surface area (Å²) in [6, 6.07) is 0.693. The van der Waals surface area contributed by atoms with Crippen molar-refractivity contribution in [3.63, 3.8) is 0 Å². The molecule has 0 aromatic carbocycles. The molecule has 1 N–H and O–H groups in total. The molecular weight excluding hydrogens is 232 g/mol. The summed E-state index contributed by atoms with van der Waals surface area (Å²) in [4.78, 5) is 27.0. The molecule has 2 heterocycles.